The average molecular weight is 301 g/mol. The van der Waals surface area contributed by atoms with E-state index in [9.17, 15) is 14.4 Å². The van der Waals surface area contributed by atoms with Gasteiger partial charge in [0.2, 0.25) is 6.29 Å². The summed E-state index contributed by atoms with van der Waals surface area (Å²) < 4.78 is 5.17. The molecule has 1 saturated heterocycles. The van der Waals surface area contributed by atoms with Gasteiger partial charge in [-0.3, -0.25) is 14.5 Å². The minimum atomic E-state index is -0.538. The predicted octanol–water partition coefficient (Wildman–Crippen LogP) is 1.09. The third-order valence-corrected chi connectivity index (χ3v) is 3.22. The molecule has 1 aromatic rings. The third kappa shape index (κ3) is 4.26. The van der Waals surface area contributed by atoms with E-state index in [2.05, 4.69) is 0 Å². The van der Waals surface area contributed by atoms with Crippen molar-refractivity contribution in [2.24, 2.45) is 0 Å². The van der Waals surface area contributed by atoms with E-state index in [0.717, 1.165) is 10.5 Å². The van der Waals surface area contributed by atoms with Crippen LogP contribution in [-0.2, 0) is 14.3 Å². The molecule has 1 aromatic carbocycles. The zero-order valence-corrected chi connectivity index (χ0v) is 12.1. The number of hydrogen-bond acceptors (Lipinski definition) is 4. The van der Waals surface area contributed by atoms with Crippen molar-refractivity contribution in [2.45, 2.75) is 0 Å². The number of ether oxygens (including phenoxy) is 1. The Labute approximate surface area is 129 Å². The second kappa shape index (κ2) is 8.09. The van der Waals surface area contributed by atoms with Crippen LogP contribution in [0.2, 0.25) is 0 Å². The van der Waals surface area contributed by atoms with E-state index in [1.165, 1.54) is 11.0 Å². The molecule has 1 aliphatic heterocycles. The van der Waals surface area contributed by atoms with E-state index in [0.29, 0.717) is 26.3 Å². The van der Waals surface area contributed by atoms with Gasteiger partial charge in [0.25, 0.3) is 5.91 Å². The maximum Gasteiger partial charge on any atom is 0.327 e. The van der Waals surface area contributed by atoms with Crippen LogP contribution >= 0.6 is 0 Å². The molecular formula is C16H17N2O4. The molecule has 1 fully saturated rings. The number of urea groups is 1. The van der Waals surface area contributed by atoms with Crippen LogP contribution in [0.1, 0.15) is 5.56 Å². The smallest absolute Gasteiger partial charge is 0.327 e. The molecule has 6 nitrogen and oxygen atoms in total. The molecule has 22 heavy (non-hydrogen) atoms. The molecule has 2 rings (SSSR count). The lowest BCUT2D eigenvalue weighted by Gasteiger charge is -2.30. The molecule has 0 spiro atoms. The summed E-state index contributed by atoms with van der Waals surface area (Å²) in [5, 5.41) is 0. The first-order valence-electron chi connectivity index (χ1n) is 6.98. The van der Waals surface area contributed by atoms with Crippen molar-refractivity contribution >= 4 is 24.3 Å². The molecule has 0 aromatic heterocycles. The van der Waals surface area contributed by atoms with Crippen molar-refractivity contribution in [3.63, 3.8) is 0 Å². The molecule has 0 aliphatic carbocycles. The number of rotatable bonds is 4. The lowest BCUT2D eigenvalue weighted by molar-refractivity contribution is -0.123. The molecule has 0 bridgehead atoms. The van der Waals surface area contributed by atoms with Gasteiger partial charge in [-0.1, -0.05) is 30.3 Å². The maximum absolute atomic E-state index is 12.3. The van der Waals surface area contributed by atoms with Crippen LogP contribution in [-0.4, -0.2) is 60.9 Å². The molecule has 1 radical (unpaired) electrons. The van der Waals surface area contributed by atoms with Crippen LogP contribution in [0.3, 0.4) is 0 Å². The summed E-state index contributed by atoms with van der Waals surface area (Å²) in [6.07, 6.45) is 4.50. The maximum atomic E-state index is 12.3. The van der Waals surface area contributed by atoms with Crippen molar-refractivity contribution in [3.8, 4) is 0 Å². The number of carbonyl (C=O) groups excluding carboxylic acids is 3. The number of nitrogens with zero attached hydrogens (tertiary/aromatic N) is 2. The number of benzene rings is 1. The van der Waals surface area contributed by atoms with Crippen LogP contribution in [0, 0.1) is 0 Å². The summed E-state index contributed by atoms with van der Waals surface area (Å²) >= 11 is 0. The van der Waals surface area contributed by atoms with E-state index in [1.54, 1.807) is 12.4 Å². The Hall–Kier alpha value is -2.47. The molecule has 0 atom stereocenters. The Balaban J connectivity index is 2.05. The predicted molar refractivity (Wildman–Crippen MR) is 80.7 cm³/mol. The van der Waals surface area contributed by atoms with Crippen molar-refractivity contribution in [1.82, 2.24) is 9.80 Å². The van der Waals surface area contributed by atoms with Crippen molar-refractivity contribution in [1.29, 1.82) is 0 Å². The van der Waals surface area contributed by atoms with Crippen LogP contribution in [0.4, 0.5) is 4.79 Å². The molecule has 3 amide bonds. The molecule has 115 valence electrons. The van der Waals surface area contributed by atoms with E-state index in [1.807, 2.05) is 30.3 Å². The standard InChI is InChI=1S/C16H17N2O4/c19-11-8-18(16(21)17-9-12-22-13-10-17)15(20)7-6-14-4-2-1-3-5-14/h1-7H,8-10,12-13H2/b7-6+. The number of morpholine rings is 1. The van der Waals surface area contributed by atoms with Gasteiger partial charge in [0.1, 0.15) is 0 Å². The van der Waals surface area contributed by atoms with E-state index >= 15 is 0 Å². The Morgan fingerprint density at radius 2 is 1.91 bits per heavy atom. The highest BCUT2D eigenvalue weighted by atomic mass is 16.5. The first-order valence-corrected chi connectivity index (χ1v) is 6.98. The van der Waals surface area contributed by atoms with Crippen molar-refractivity contribution in [2.75, 3.05) is 32.8 Å². The Morgan fingerprint density at radius 3 is 2.55 bits per heavy atom. The van der Waals surface area contributed by atoms with Gasteiger partial charge in [0, 0.05) is 19.2 Å². The van der Waals surface area contributed by atoms with Crippen molar-refractivity contribution in [3.05, 3.63) is 42.0 Å². The van der Waals surface area contributed by atoms with Gasteiger partial charge in [-0.15, -0.1) is 0 Å². The number of imide groups is 1. The van der Waals surface area contributed by atoms with Gasteiger partial charge in [-0.2, -0.15) is 0 Å². The summed E-state index contributed by atoms with van der Waals surface area (Å²) in [5.74, 6) is -0.538. The normalized spacial score (nSPS) is 14.8. The Bertz CT molecular complexity index is 551. The van der Waals surface area contributed by atoms with Crippen LogP contribution in [0.25, 0.3) is 6.08 Å². The monoisotopic (exact) mass is 301 g/mol. The highest BCUT2D eigenvalue weighted by molar-refractivity contribution is 6.03. The van der Waals surface area contributed by atoms with Gasteiger partial charge < -0.3 is 9.64 Å². The van der Waals surface area contributed by atoms with Crippen LogP contribution in [0.15, 0.2) is 36.4 Å². The first-order chi connectivity index (χ1) is 10.7. The number of hydrogen-bond donors (Lipinski definition) is 0. The molecule has 0 unspecified atom stereocenters. The fourth-order valence-electron chi connectivity index (χ4n) is 2.05. The minimum absolute atomic E-state index is 0.381. The van der Waals surface area contributed by atoms with E-state index < -0.39 is 11.9 Å². The summed E-state index contributed by atoms with van der Waals surface area (Å²) in [6.45, 7) is 1.29. The number of amides is 3. The third-order valence-electron chi connectivity index (χ3n) is 3.22. The van der Waals surface area contributed by atoms with Gasteiger partial charge in [0.15, 0.2) is 0 Å². The molecular weight excluding hydrogens is 284 g/mol. The topological polar surface area (TPSA) is 66.9 Å². The summed E-state index contributed by atoms with van der Waals surface area (Å²) in [4.78, 5) is 37.5. The molecule has 1 aliphatic rings. The Morgan fingerprint density at radius 1 is 1.23 bits per heavy atom. The summed E-state index contributed by atoms with van der Waals surface area (Å²) in [5.41, 5.74) is 0.838. The van der Waals surface area contributed by atoms with Crippen LogP contribution in [0.5, 0.6) is 0 Å². The number of carbonyl (C=O) groups is 2. The molecule has 6 heteroatoms. The van der Waals surface area contributed by atoms with E-state index in [4.69, 9.17) is 4.74 Å². The summed E-state index contributed by atoms with van der Waals surface area (Å²) in [6, 6.07) is 8.75. The average Bonchev–Trinajstić information content (AvgIpc) is 2.58. The second-order valence-electron chi connectivity index (χ2n) is 4.69. The summed E-state index contributed by atoms with van der Waals surface area (Å²) in [7, 11) is 0. The van der Waals surface area contributed by atoms with Gasteiger partial charge in [-0.05, 0) is 11.6 Å². The second-order valence-corrected chi connectivity index (χ2v) is 4.69. The highest BCUT2D eigenvalue weighted by Crippen LogP contribution is 2.06. The minimum Gasteiger partial charge on any atom is -0.378 e. The zero-order chi connectivity index (χ0) is 15.8. The largest absolute Gasteiger partial charge is 0.378 e. The first kappa shape index (κ1) is 15.9. The SMILES string of the molecule is O=[C]CN(C(=O)/C=C/c1ccccc1)C(=O)N1CCOCC1. The van der Waals surface area contributed by atoms with Gasteiger partial charge >= 0.3 is 6.03 Å². The van der Waals surface area contributed by atoms with Gasteiger partial charge in [0.05, 0.1) is 19.8 Å². The molecule has 0 N–H and O–H groups in total. The van der Waals surface area contributed by atoms with Gasteiger partial charge in [-0.25, -0.2) is 4.79 Å². The molecule has 1 heterocycles. The zero-order valence-electron chi connectivity index (χ0n) is 12.1. The quantitative estimate of drug-likeness (QED) is 0.781. The van der Waals surface area contributed by atoms with Crippen LogP contribution < -0.4 is 0 Å². The fourth-order valence-corrected chi connectivity index (χ4v) is 2.05. The van der Waals surface area contributed by atoms with Crippen molar-refractivity contribution < 1.29 is 19.1 Å². The lowest BCUT2D eigenvalue weighted by Crippen LogP contribution is -2.50. The fraction of sp³-hybridized carbons (Fsp3) is 0.312. The molecule has 0 saturated carbocycles. The highest BCUT2D eigenvalue weighted by Gasteiger charge is 2.26. The lowest BCUT2D eigenvalue weighted by atomic mass is 10.2. The van der Waals surface area contributed by atoms with E-state index in [-0.39, 0.29) is 6.54 Å². The Kier molecular flexibility index (Phi) is 5.85.